The minimum absolute atomic E-state index is 0.183. The fourth-order valence-electron chi connectivity index (χ4n) is 5.86. The van der Waals surface area contributed by atoms with E-state index >= 15 is 0 Å². The van der Waals surface area contributed by atoms with Crippen LogP contribution in [0.15, 0.2) is 53.4 Å². The first kappa shape index (κ1) is 22.9. The van der Waals surface area contributed by atoms with E-state index in [1.807, 2.05) is 29.0 Å². The number of imide groups is 1. The number of aromatic nitrogens is 3. The smallest absolute Gasteiger partial charge is 0.307 e. The van der Waals surface area contributed by atoms with Crippen molar-refractivity contribution < 1.29 is 18.8 Å². The number of fused-ring (bicyclic) bond motifs is 2. The first-order valence-electron chi connectivity index (χ1n) is 13.0. The van der Waals surface area contributed by atoms with Crippen LogP contribution in [-0.2, 0) is 22.7 Å². The molecule has 4 aromatic rings. The molecular formula is C28H26N6O4. The minimum Gasteiger partial charge on any atom is -0.432 e. The van der Waals surface area contributed by atoms with Crippen molar-refractivity contribution >= 4 is 28.8 Å². The number of hydrogen-bond donors (Lipinski definition) is 1. The molecule has 10 nitrogen and oxygen atoms in total. The zero-order chi connectivity index (χ0) is 25.8. The summed E-state index contributed by atoms with van der Waals surface area (Å²) in [6.07, 6.45) is 8.08. The Morgan fingerprint density at radius 2 is 1.95 bits per heavy atom. The van der Waals surface area contributed by atoms with Crippen LogP contribution in [0.5, 0.6) is 0 Å². The molecule has 1 unspecified atom stereocenters. The Labute approximate surface area is 218 Å². The van der Waals surface area contributed by atoms with Gasteiger partial charge in [-0.2, -0.15) is 0 Å². The van der Waals surface area contributed by atoms with Gasteiger partial charge in [-0.05, 0) is 67.7 Å². The molecule has 1 aromatic carbocycles. The van der Waals surface area contributed by atoms with Crippen LogP contribution in [0.25, 0.3) is 28.3 Å². The Morgan fingerprint density at radius 3 is 2.74 bits per heavy atom. The lowest BCUT2D eigenvalue weighted by atomic mass is 10.0. The third-order valence-corrected chi connectivity index (χ3v) is 7.78. The first-order chi connectivity index (χ1) is 18.5. The van der Waals surface area contributed by atoms with Gasteiger partial charge in [-0.1, -0.05) is 6.07 Å². The summed E-state index contributed by atoms with van der Waals surface area (Å²) in [5, 5.41) is 3.41. The maximum absolute atomic E-state index is 13.2. The molecule has 0 spiro atoms. The first-order valence-corrected chi connectivity index (χ1v) is 13.0. The van der Waals surface area contributed by atoms with Gasteiger partial charge in [0.15, 0.2) is 0 Å². The normalized spacial score (nSPS) is 19.9. The van der Waals surface area contributed by atoms with Gasteiger partial charge < -0.3 is 9.32 Å². The van der Waals surface area contributed by atoms with E-state index < -0.39 is 11.9 Å². The van der Waals surface area contributed by atoms with Gasteiger partial charge in [0.1, 0.15) is 18.0 Å². The van der Waals surface area contributed by atoms with Crippen molar-refractivity contribution in [2.75, 3.05) is 13.1 Å². The molecule has 6 heterocycles. The second kappa shape index (κ2) is 8.91. The fraction of sp³-hybridized carbons (Fsp3) is 0.321. The number of nitrogens with one attached hydrogen (secondary N) is 1. The molecule has 3 aromatic heterocycles. The number of likely N-dealkylation sites (tertiary alicyclic amines) is 1. The highest BCUT2D eigenvalue weighted by Crippen LogP contribution is 2.33. The highest BCUT2D eigenvalue weighted by atomic mass is 16.4. The topological polar surface area (TPSA) is 114 Å². The van der Waals surface area contributed by atoms with E-state index in [0.29, 0.717) is 24.5 Å². The summed E-state index contributed by atoms with van der Waals surface area (Å²) < 4.78 is 7.42. The third kappa shape index (κ3) is 3.79. The van der Waals surface area contributed by atoms with Crippen LogP contribution in [-0.4, -0.2) is 61.2 Å². The molecule has 3 aliphatic heterocycles. The van der Waals surface area contributed by atoms with E-state index in [0.717, 1.165) is 47.5 Å². The van der Waals surface area contributed by atoms with Gasteiger partial charge in [0.05, 0.1) is 11.9 Å². The molecule has 2 saturated heterocycles. The zero-order valence-corrected chi connectivity index (χ0v) is 20.7. The number of benzene rings is 1. The standard InChI is InChI=1S/C28H26N6O4/c35-24-6-5-23(26(36)31-24)34-16-18-13-17(3-4-21(18)27(34)37)22-14-19(15-32-9-1-2-10-32)20-7-11-33(25(20)30-22)28-29-8-12-38-28/h3-4,7-8,11-14,23H,1-2,5-6,9-10,15-16H2,(H,31,35,36). The van der Waals surface area contributed by atoms with Crippen molar-refractivity contribution in [1.82, 2.24) is 29.7 Å². The SMILES string of the molecule is O=C1CCC(N2Cc3cc(-c4cc(CN5CCCC5)c5ccn(-c6ncco6)c5n4)ccc3C2=O)C(=O)N1. The summed E-state index contributed by atoms with van der Waals surface area (Å²) in [5.74, 6) is -0.885. The fourth-order valence-corrected chi connectivity index (χ4v) is 5.86. The number of hydrogen-bond acceptors (Lipinski definition) is 7. The minimum atomic E-state index is -0.637. The lowest BCUT2D eigenvalue weighted by molar-refractivity contribution is -0.136. The number of piperidine rings is 1. The Balaban J connectivity index is 1.27. The van der Waals surface area contributed by atoms with Crippen LogP contribution in [0.1, 0.15) is 47.2 Å². The number of pyridine rings is 1. The van der Waals surface area contributed by atoms with Gasteiger partial charge in [-0.15, -0.1) is 0 Å². The molecule has 192 valence electrons. The van der Waals surface area contributed by atoms with E-state index in [1.54, 1.807) is 17.4 Å². The molecule has 3 amide bonds. The number of nitrogens with zero attached hydrogens (tertiary/aromatic N) is 5. The van der Waals surface area contributed by atoms with Crippen LogP contribution in [0.3, 0.4) is 0 Å². The van der Waals surface area contributed by atoms with Gasteiger partial charge >= 0.3 is 6.01 Å². The number of amides is 3. The van der Waals surface area contributed by atoms with Crippen LogP contribution < -0.4 is 5.32 Å². The Bertz CT molecular complexity index is 1580. The van der Waals surface area contributed by atoms with E-state index in [-0.39, 0.29) is 18.2 Å². The number of oxazole rings is 1. The summed E-state index contributed by atoms with van der Waals surface area (Å²) in [7, 11) is 0. The van der Waals surface area contributed by atoms with Gasteiger partial charge in [0, 0.05) is 42.2 Å². The lowest BCUT2D eigenvalue weighted by Crippen LogP contribution is -2.52. The van der Waals surface area contributed by atoms with Crippen molar-refractivity contribution in [1.29, 1.82) is 0 Å². The van der Waals surface area contributed by atoms with Gasteiger partial charge in [0.2, 0.25) is 11.8 Å². The van der Waals surface area contributed by atoms with Crippen molar-refractivity contribution in [2.45, 2.75) is 44.8 Å². The number of carbonyl (C=O) groups is 3. The molecule has 0 radical (unpaired) electrons. The quantitative estimate of drug-likeness (QED) is 0.411. The summed E-state index contributed by atoms with van der Waals surface area (Å²) >= 11 is 0. The van der Waals surface area contributed by atoms with Gasteiger partial charge in [-0.3, -0.25) is 29.2 Å². The van der Waals surface area contributed by atoms with E-state index in [1.165, 1.54) is 18.4 Å². The number of carbonyl (C=O) groups excluding carboxylic acids is 3. The summed E-state index contributed by atoms with van der Waals surface area (Å²) in [5.41, 5.74) is 5.07. The average molecular weight is 511 g/mol. The molecule has 0 saturated carbocycles. The van der Waals surface area contributed by atoms with Crippen LogP contribution >= 0.6 is 0 Å². The highest BCUT2D eigenvalue weighted by Gasteiger charge is 2.39. The van der Waals surface area contributed by atoms with Crippen molar-refractivity contribution in [3.63, 3.8) is 0 Å². The lowest BCUT2D eigenvalue weighted by Gasteiger charge is -2.29. The summed E-state index contributed by atoms with van der Waals surface area (Å²) in [4.78, 5) is 50.5. The van der Waals surface area contributed by atoms with Crippen LogP contribution in [0.4, 0.5) is 0 Å². The van der Waals surface area contributed by atoms with E-state index in [4.69, 9.17) is 9.40 Å². The summed E-state index contributed by atoms with van der Waals surface area (Å²) in [6, 6.07) is 9.73. The largest absolute Gasteiger partial charge is 0.432 e. The van der Waals surface area contributed by atoms with Crippen molar-refractivity contribution in [2.24, 2.45) is 0 Å². The maximum atomic E-state index is 13.2. The van der Waals surface area contributed by atoms with Crippen molar-refractivity contribution in [3.05, 3.63) is 65.7 Å². The monoisotopic (exact) mass is 510 g/mol. The maximum Gasteiger partial charge on any atom is 0.307 e. The van der Waals surface area contributed by atoms with E-state index in [9.17, 15) is 14.4 Å². The molecule has 38 heavy (non-hydrogen) atoms. The van der Waals surface area contributed by atoms with Crippen LogP contribution in [0, 0.1) is 0 Å². The Kier molecular flexibility index (Phi) is 5.36. The van der Waals surface area contributed by atoms with Crippen molar-refractivity contribution in [3.8, 4) is 17.3 Å². The highest BCUT2D eigenvalue weighted by molar-refractivity contribution is 6.05. The molecule has 0 bridgehead atoms. The Morgan fingerprint density at radius 1 is 1.08 bits per heavy atom. The molecule has 3 aliphatic rings. The van der Waals surface area contributed by atoms with Crippen LogP contribution in [0.2, 0.25) is 0 Å². The second-order valence-corrected chi connectivity index (χ2v) is 10.2. The second-order valence-electron chi connectivity index (χ2n) is 10.2. The molecule has 2 fully saturated rings. The predicted octanol–water partition coefficient (Wildman–Crippen LogP) is 3.04. The zero-order valence-electron chi connectivity index (χ0n) is 20.7. The Hall–Kier alpha value is -4.31. The van der Waals surface area contributed by atoms with E-state index in [2.05, 4.69) is 27.3 Å². The molecule has 1 N–H and O–H groups in total. The van der Waals surface area contributed by atoms with Gasteiger partial charge in [0.25, 0.3) is 5.91 Å². The molecular weight excluding hydrogens is 484 g/mol. The molecule has 7 rings (SSSR count). The third-order valence-electron chi connectivity index (χ3n) is 7.78. The molecule has 1 atom stereocenters. The molecule has 10 heteroatoms. The average Bonchev–Trinajstić information content (AvgIpc) is 3.72. The van der Waals surface area contributed by atoms with Gasteiger partial charge in [-0.25, -0.2) is 9.97 Å². The number of rotatable bonds is 5. The summed E-state index contributed by atoms with van der Waals surface area (Å²) in [6.45, 7) is 3.31. The molecule has 0 aliphatic carbocycles. The predicted molar refractivity (Wildman–Crippen MR) is 137 cm³/mol.